The van der Waals surface area contributed by atoms with Crippen molar-refractivity contribution in [3.05, 3.63) is 25.3 Å². The summed E-state index contributed by atoms with van der Waals surface area (Å²) in [5.74, 6) is -2.56. The second-order valence-corrected chi connectivity index (χ2v) is 10.00. The zero-order valence-corrected chi connectivity index (χ0v) is 20.8. The zero-order valence-electron chi connectivity index (χ0n) is 20.8. The summed E-state index contributed by atoms with van der Waals surface area (Å²) in [7, 11) is 0. The van der Waals surface area contributed by atoms with Crippen LogP contribution in [0.25, 0.3) is 0 Å². The van der Waals surface area contributed by atoms with E-state index in [-0.39, 0.29) is 37.6 Å². The van der Waals surface area contributed by atoms with Gasteiger partial charge < -0.3 is 24.4 Å². The van der Waals surface area contributed by atoms with Crippen LogP contribution in [0.2, 0.25) is 0 Å². The quantitative estimate of drug-likeness (QED) is 0.249. The number of aliphatic hydroxyl groups excluding tert-OH is 1. The maximum absolute atomic E-state index is 14.0. The molecule has 8 heteroatoms. The van der Waals surface area contributed by atoms with Crippen LogP contribution in [0.1, 0.15) is 59.3 Å². The van der Waals surface area contributed by atoms with Gasteiger partial charge in [-0.1, -0.05) is 25.5 Å². The van der Waals surface area contributed by atoms with Crippen LogP contribution < -0.4 is 0 Å². The van der Waals surface area contributed by atoms with Gasteiger partial charge in [-0.15, -0.1) is 13.2 Å². The fourth-order valence-corrected chi connectivity index (χ4v) is 6.26. The maximum Gasteiger partial charge on any atom is 0.312 e. The van der Waals surface area contributed by atoms with Gasteiger partial charge in [0.25, 0.3) is 0 Å². The van der Waals surface area contributed by atoms with E-state index < -0.39 is 35.0 Å². The van der Waals surface area contributed by atoms with Gasteiger partial charge in [0.15, 0.2) is 0 Å². The van der Waals surface area contributed by atoms with Crippen LogP contribution >= 0.6 is 0 Å². The Kier molecular flexibility index (Phi) is 8.24. The van der Waals surface area contributed by atoms with Crippen LogP contribution in [0.3, 0.4) is 0 Å². The molecule has 6 atom stereocenters. The molecule has 0 saturated carbocycles. The summed E-state index contributed by atoms with van der Waals surface area (Å²) in [5, 5.41) is 9.73. The molecule has 3 aliphatic rings. The Morgan fingerprint density at radius 1 is 1.35 bits per heavy atom. The molecule has 8 nitrogen and oxygen atoms in total. The molecule has 3 heterocycles. The number of hydrogen-bond donors (Lipinski definition) is 1. The first kappa shape index (κ1) is 26.4. The van der Waals surface area contributed by atoms with E-state index >= 15 is 0 Å². The van der Waals surface area contributed by atoms with E-state index in [2.05, 4.69) is 20.1 Å². The molecule has 34 heavy (non-hydrogen) atoms. The normalized spacial score (nSPS) is 32.4. The van der Waals surface area contributed by atoms with Gasteiger partial charge in [-0.25, -0.2) is 0 Å². The predicted octanol–water partition coefficient (Wildman–Crippen LogP) is 2.46. The Hall–Kier alpha value is -2.19. The van der Waals surface area contributed by atoms with Crippen molar-refractivity contribution < 1.29 is 29.0 Å². The van der Waals surface area contributed by atoms with Gasteiger partial charge >= 0.3 is 5.97 Å². The topological polar surface area (TPSA) is 96.4 Å². The average Bonchev–Trinajstić information content (AvgIpc) is 3.36. The lowest BCUT2D eigenvalue weighted by Crippen LogP contribution is -2.58. The smallest absolute Gasteiger partial charge is 0.312 e. The molecule has 2 bridgehead atoms. The number of ether oxygens (including phenoxy) is 2. The Morgan fingerprint density at radius 2 is 2.09 bits per heavy atom. The Morgan fingerprint density at radius 3 is 2.71 bits per heavy atom. The van der Waals surface area contributed by atoms with Gasteiger partial charge in [0, 0.05) is 19.1 Å². The second-order valence-electron chi connectivity index (χ2n) is 10.00. The average molecular weight is 477 g/mol. The van der Waals surface area contributed by atoms with Gasteiger partial charge in [0.05, 0.1) is 24.7 Å². The number of carbonyl (C=O) groups is 3. The zero-order chi connectivity index (χ0) is 25.1. The molecule has 0 aromatic rings. The van der Waals surface area contributed by atoms with E-state index in [1.165, 1.54) is 4.90 Å². The monoisotopic (exact) mass is 476 g/mol. The van der Waals surface area contributed by atoms with E-state index in [4.69, 9.17) is 9.47 Å². The second kappa shape index (κ2) is 10.6. The fourth-order valence-electron chi connectivity index (χ4n) is 6.26. The molecule has 1 N–H and O–H groups in total. The molecule has 190 valence electrons. The number of hydrogen-bond acceptors (Lipinski definition) is 6. The van der Waals surface area contributed by atoms with Crippen LogP contribution in [0.4, 0.5) is 0 Å². The van der Waals surface area contributed by atoms with Gasteiger partial charge in [-0.2, -0.15) is 0 Å². The van der Waals surface area contributed by atoms with Gasteiger partial charge in [0.1, 0.15) is 17.6 Å². The van der Waals surface area contributed by atoms with Crippen LogP contribution in [0.5, 0.6) is 0 Å². The lowest BCUT2D eigenvalue weighted by molar-refractivity contribution is -0.160. The van der Waals surface area contributed by atoms with Gasteiger partial charge in [-0.05, 0) is 46.0 Å². The number of allylic oxidation sites excluding steroid dienone is 1. The van der Waals surface area contributed by atoms with E-state index in [1.54, 1.807) is 17.1 Å². The number of rotatable bonds is 13. The van der Waals surface area contributed by atoms with Crippen molar-refractivity contribution >= 4 is 17.8 Å². The highest BCUT2D eigenvalue weighted by Crippen LogP contribution is 2.63. The fraction of sp³-hybridized carbons (Fsp3) is 0.731. The SMILES string of the molecule is C=CCCCOC(=O)[C@H]1[C@H]2C(=O)N(CCO)C(C(=O)N(CC=C)C(C)CCC)C23CC[C@]1(C)O3. The molecule has 3 fully saturated rings. The Balaban J connectivity index is 1.97. The Bertz CT molecular complexity index is 815. The number of likely N-dealkylation sites (tertiary alicyclic amines) is 1. The summed E-state index contributed by atoms with van der Waals surface area (Å²) in [6.45, 7) is 13.7. The first-order chi connectivity index (χ1) is 16.2. The first-order valence-corrected chi connectivity index (χ1v) is 12.5. The highest BCUT2D eigenvalue weighted by Gasteiger charge is 2.78. The number of unbranched alkanes of at least 4 members (excludes halogenated alkanes) is 1. The number of fused-ring (bicyclic) bond motifs is 1. The number of nitrogens with zero attached hydrogens (tertiary/aromatic N) is 2. The summed E-state index contributed by atoms with van der Waals surface area (Å²) < 4.78 is 12.1. The van der Waals surface area contributed by atoms with E-state index in [0.717, 1.165) is 19.3 Å². The summed E-state index contributed by atoms with van der Waals surface area (Å²) in [6, 6.07) is -0.936. The lowest BCUT2D eigenvalue weighted by Gasteiger charge is -2.38. The van der Waals surface area contributed by atoms with Crippen molar-refractivity contribution in [1.29, 1.82) is 0 Å². The molecule has 1 spiro atoms. The highest BCUT2D eigenvalue weighted by molar-refractivity contribution is 5.98. The minimum atomic E-state index is -1.10. The number of aliphatic hydroxyl groups is 1. The third-order valence-corrected chi connectivity index (χ3v) is 7.75. The Labute approximate surface area is 202 Å². The van der Waals surface area contributed by atoms with Crippen molar-refractivity contribution in [2.45, 2.75) is 82.6 Å². The van der Waals surface area contributed by atoms with Crippen molar-refractivity contribution in [3.8, 4) is 0 Å². The molecule has 3 saturated heterocycles. The van der Waals surface area contributed by atoms with Crippen LogP contribution in [-0.4, -0.2) is 82.3 Å². The van der Waals surface area contributed by atoms with Crippen LogP contribution in [0.15, 0.2) is 25.3 Å². The van der Waals surface area contributed by atoms with Gasteiger partial charge in [0.2, 0.25) is 11.8 Å². The minimum absolute atomic E-state index is 0.0127. The van der Waals surface area contributed by atoms with Crippen LogP contribution in [-0.2, 0) is 23.9 Å². The summed E-state index contributed by atoms with van der Waals surface area (Å²) in [5.41, 5.74) is -1.97. The third-order valence-electron chi connectivity index (χ3n) is 7.75. The predicted molar refractivity (Wildman–Crippen MR) is 128 cm³/mol. The van der Waals surface area contributed by atoms with E-state index in [9.17, 15) is 19.5 Å². The van der Waals surface area contributed by atoms with Crippen molar-refractivity contribution in [3.63, 3.8) is 0 Å². The molecule has 0 aliphatic carbocycles. The molecule has 0 aromatic heterocycles. The first-order valence-electron chi connectivity index (χ1n) is 12.5. The highest BCUT2D eigenvalue weighted by atomic mass is 16.6. The van der Waals surface area contributed by atoms with Crippen molar-refractivity contribution in [2.75, 3.05) is 26.3 Å². The maximum atomic E-state index is 14.0. The molecular weight excluding hydrogens is 436 g/mol. The van der Waals surface area contributed by atoms with E-state index in [1.807, 2.05) is 13.8 Å². The summed E-state index contributed by atoms with van der Waals surface area (Å²) in [4.78, 5) is 44.1. The van der Waals surface area contributed by atoms with Crippen molar-refractivity contribution in [2.24, 2.45) is 11.8 Å². The summed E-state index contributed by atoms with van der Waals surface area (Å²) >= 11 is 0. The number of carbonyl (C=O) groups excluding carboxylic acids is 3. The lowest BCUT2D eigenvalue weighted by atomic mass is 9.66. The minimum Gasteiger partial charge on any atom is -0.465 e. The van der Waals surface area contributed by atoms with E-state index in [0.29, 0.717) is 25.8 Å². The molecular formula is C26H40N2O6. The van der Waals surface area contributed by atoms with Crippen LogP contribution in [0, 0.1) is 11.8 Å². The molecule has 0 radical (unpaired) electrons. The molecule has 3 rings (SSSR count). The largest absolute Gasteiger partial charge is 0.465 e. The molecule has 3 aliphatic heterocycles. The number of esters is 1. The van der Waals surface area contributed by atoms with Gasteiger partial charge in [-0.3, -0.25) is 14.4 Å². The standard InChI is InChI=1S/C26H40N2O6/c1-6-9-10-17-33-24(32)20-19-22(30)28(15-16-29)21(26(19)13-12-25(20,5)34-26)23(31)27(14-8-3)18(4)11-7-2/h6,8,18-21,29H,1,3,7,9-17H2,2,4-5H3/t18?,19-,20+,21?,25-,26?/m0/s1. The molecule has 2 amide bonds. The third kappa shape index (κ3) is 4.31. The summed E-state index contributed by atoms with van der Waals surface area (Å²) in [6.07, 6.45) is 7.63. The van der Waals surface area contributed by atoms with Crippen molar-refractivity contribution in [1.82, 2.24) is 9.80 Å². The number of amides is 2. The molecule has 3 unspecified atom stereocenters. The number of β-amino-alcohol motifs (C(OH)–C–C–N with tert-alkyl or cyclic N) is 1. The molecule has 0 aromatic carbocycles.